The van der Waals surface area contributed by atoms with Crippen LogP contribution in [0, 0.1) is 17.8 Å². The first kappa shape index (κ1) is 17.3. The number of rotatable bonds is 4. The fraction of sp³-hybridized carbons (Fsp3) is 0.320. The standard InChI is InChI=1S/C25H25NO2/c1-2-28-23-14-8-7-13-22(23)26-25(27)21-15-20-16-9-3-5-11-18(16)24(21)19-12-6-4-10-17(19)20/h3-14,16,18,20-21,24H,2,15H2,1H3,(H,26,27)/t16-,18-,20-,21+,24-/m0/s1. The zero-order chi connectivity index (χ0) is 19.1. The molecule has 0 unspecified atom stereocenters. The van der Waals surface area contributed by atoms with Gasteiger partial charge < -0.3 is 10.1 Å². The van der Waals surface area contributed by atoms with Crippen LogP contribution in [0.5, 0.6) is 5.75 Å². The molecule has 4 aliphatic rings. The SMILES string of the molecule is CCOc1ccccc1NC(=O)[C@@H]1C[C@@H]2c3ccccc3[C@@H]1[C@H]1C=CC=C[C@@H]12. The molecule has 5 atom stereocenters. The van der Waals surface area contributed by atoms with Crippen LogP contribution in [-0.4, -0.2) is 12.5 Å². The third-order valence-electron chi connectivity index (χ3n) is 6.58. The first-order valence-electron chi connectivity index (χ1n) is 10.2. The number of ether oxygens (including phenoxy) is 1. The summed E-state index contributed by atoms with van der Waals surface area (Å²) in [6, 6.07) is 16.4. The summed E-state index contributed by atoms with van der Waals surface area (Å²) in [6.07, 6.45) is 9.87. The lowest BCUT2D eigenvalue weighted by Gasteiger charge is -2.52. The molecule has 2 bridgehead atoms. The summed E-state index contributed by atoms with van der Waals surface area (Å²) in [5.74, 6) is 2.36. The van der Waals surface area contributed by atoms with Crippen LogP contribution in [0.25, 0.3) is 0 Å². The summed E-state index contributed by atoms with van der Waals surface area (Å²) in [7, 11) is 0. The second-order valence-electron chi connectivity index (χ2n) is 7.95. The quantitative estimate of drug-likeness (QED) is 0.794. The van der Waals surface area contributed by atoms with Gasteiger partial charge in [0.2, 0.25) is 5.91 Å². The normalized spacial score (nSPS) is 29.1. The smallest absolute Gasteiger partial charge is 0.228 e. The molecule has 3 heteroatoms. The van der Waals surface area contributed by atoms with Crippen LogP contribution in [0.4, 0.5) is 5.69 Å². The molecule has 0 spiro atoms. The molecule has 0 aliphatic heterocycles. The van der Waals surface area contributed by atoms with Gasteiger partial charge >= 0.3 is 0 Å². The number of amides is 1. The average Bonchev–Trinajstić information content (AvgIpc) is 2.75. The number of carbonyl (C=O) groups excluding carboxylic acids is 1. The number of fused-ring (bicyclic) bond motifs is 1. The van der Waals surface area contributed by atoms with Crippen molar-refractivity contribution in [1.82, 2.24) is 0 Å². The van der Waals surface area contributed by atoms with Gasteiger partial charge in [-0.15, -0.1) is 0 Å². The Kier molecular flexibility index (Phi) is 4.31. The van der Waals surface area contributed by atoms with E-state index in [2.05, 4.69) is 53.9 Å². The van der Waals surface area contributed by atoms with Gasteiger partial charge in [-0.1, -0.05) is 60.7 Å². The van der Waals surface area contributed by atoms with Gasteiger partial charge in [0.1, 0.15) is 5.75 Å². The molecule has 1 amide bonds. The lowest BCUT2D eigenvalue weighted by molar-refractivity contribution is -0.122. The van der Waals surface area contributed by atoms with E-state index in [-0.39, 0.29) is 17.7 Å². The van der Waals surface area contributed by atoms with Gasteiger partial charge in [0.25, 0.3) is 0 Å². The van der Waals surface area contributed by atoms with Crippen LogP contribution < -0.4 is 10.1 Å². The molecule has 28 heavy (non-hydrogen) atoms. The molecular formula is C25H25NO2. The Bertz CT molecular complexity index is 961. The van der Waals surface area contributed by atoms with Crippen molar-refractivity contribution >= 4 is 11.6 Å². The average molecular weight is 371 g/mol. The van der Waals surface area contributed by atoms with Crippen molar-refractivity contribution in [3.05, 3.63) is 84.0 Å². The second-order valence-corrected chi connectivity index (χ2v) is 7.95. The number of nitrogens with one attached hydrogen (secondary N) is 1. The van der Waals surface area contributed by atoms with Crippen LogP contribution in [0.3, 0.4) is 0 Å². The van der Waals surface area contributed by atoms with Gasteiger partial charge in [0.15, 0.2) is 0 Å². The highest BCUT2D eigenvalue weighted by molar-refractivity contribution is 5.95. The number of hydrogen-bond donors (Lipinski definition) is 1. The predicted octanol–water partition coefficient (Wildman–Crippen LogP) is 5.28. The maximum Gasteiger partial charge on any atom is 0.228 e. The van der Waals surface area contributed by atoms with Gasteiger partial charge in [-0.25, -0.2) is 0 Å². The summed E-state index contributed by atoms with van der Waals surface area (Å²) in [5.41, 5.74) is 3.56. The van der Waals surface area contributed by atoms with Gasteiger partial charge in [0.05, 0.1) is 12.3 Å². The highest BCUT2D eigenvalue weighted by Crippen LogP contribution is 2.59. The minimum Gasteiger partial charge on any atom is -0.492 e. The molecule has 4 aliphatic carbocycles. The van der Waals surface area contributed by atoms with E-state index < -0.39 is 0 Å². The van der Waals surface area contributed by atoms with Crippen molar-refractivity contribution in [3.63, 3.8) is 0 Å². The van der Waals surface area contributed by atoms with Crippen molar-refractivity contribution < 1.29 is 9.53 Å². The summed E-state index contributed by atoms with van der Waals surface area (Å²) in [6.45, 7) is 2.54. The third kappa shape index (κ3) is 2.69. The maximum atomic E-state index is 13.4. The molecule has 1 N–H and O–H groups in total. The molecular weight excluding hydrogens is 346 g/mol. The van der Waals surface area contributed by atoms with Crippen LogP contribution in [-0.2, 0) is 4.79 Å². The first-order valence-corrected chi connectivity index (χ1v) is 10.2. The Morgan fingerprint density at radius 2 is 1.71 bits per heavy atom. The number of hydrogen-bond acceptors (Lipinski definition) is 2. The highest BCUT2D eigenvalue weighted by atomic mass is 16.5. The van der Waals surface area contributed by atoms with Crippen LogP contribution >= 0.6 is 0 Å². The topological polar surface area (TPSA) is 38.3 Å². The summed E-state index contributed by atoms with van der Waals surface area (Å²) in [4.78, 5) is 13.4. The monoisotopic (exact) mass is 371 g/mol. The van der Waals surface area contributed by atoms with Gasteiger partial charge in [-0.05, 0) is 54.4 Å². The van der Waals surface area contributed by atoms with Crippen LogP contribution in [0.1, 0.15) is 36.3 Å². The van der Waals surface area contributed by atoms with Gasteiger partial charge in [0, 0.05) is 11.8 Å². The third-order valence-corrected chi connectivity index (χ3v) is 6.58. The number of para-hydroxylation sites is 2. The molecule has 2 aromatic carbocycles. The second kappa shape index (κ2) is 6.97. The van der Waals surface area contributed by atoms with Gasteiger partial charge in [-0.2, -0.15) is 0 Å². The van der Waals surface area contributed by atoms with Crippen molar-refractivity contribution in [2.75, 3.05) is 11.9 Å². The van der Waals surface area contributed by atoms with E-state index in [0.717, 1.165) is 17.9 Å². The molecule has 0 radical (unpaired) electrons. The van der Waals surface area contributed by atoms with E-state index in [1.807, 2.05) is 31.2 Å². The molecule has 0 aromatic heterocycles. The Labute approximate surface area is 166 Å². The summed E-state index contributed by atoms with van der Waals surface area (Å²) in [5, 5.41) is 3.17. The fourth-order valence-corrected chi connectivity index (χ4v) is 5.51. The van der Waals surface area contributed by atoms with Gasteiger partial charge in [-0.3, -0.25) is 4.79 Å². The zero-order valence-corrected chi connectivity index (χ0v) is 16.0. The predicted molar refractivity (Wildman–Crippen MR) is 112 cm³/mol. The van der Waals surface area contributed by atoms with Crippen molar-refractivity contribution in [3.8, 4) is 5.75 Å². The Hall–Kier alpha value is -2.81. The van der Waals surface area contributed by atoms with E-state index in [1.165, 1.54) is 11.1 Å². The molecule has 1 fully saturated rings. The zero-order valence-electron chi connectivity index (χ0n) is 16.0. The van der Waals surface area contributed by atoms with Crippen molar-refractivity contribution in [2.45, 2.75) is 25.2 Å². The number of allylic oxidation sites excluding steroid dienone is 4. The summed E-state index contributed by atoms with van der Waals surface area (Å²) < 4.78 is 5.69. The number of benzene rings is 2. The van der Waals surface area contributed by atoms with E-state index in [1.54, 1.807) is 0 Å². The van der Waals surface area contributed by atoms with Crippen molar-refractivity contribution in [1.29, 1.82) is 0 Å². The van der Waals surface area contributed by atoms with E-state index in [9.17, 15) is 4.79 Å². The summed E-state index contributed by atoms with van der Waals surface area (Å²) >= 11 is 0. The Balaban J connectivity index is 1.48. The molecule has 2 aromatic rings. The minimum absolute atomic E-state index is 0.0213. The van der Waals surface area contributed by atoms with Crippen LogP contribution in [0.15, 0.2) is 72.8 Å². The van der Waals surface area contributed by atoms with Crippen LogP contribution in [0.2, 0.25) is 0 Å². The minimum atomic E-state index is -0.0213. The molecule has 1 saturated carbocycles. The Morgan fingerprint density at radius 1 is 1.00 bits per heavy atom. The van der Waals surface area contributed by atoms with E-state index in [4.69, 9.17) is 4.74 Å². The lowest BCUT2D eigenvalue weighted by atomic mass is 9.51. The molecule has 0 saturated heterocycles. The molecule has 3 nitrogen and oxygen atoms in total. The molecule has 6 rings (SSSR count). The number of carbonyl (C=O) groups is 1. The fourth-order valence-electron chi connectivity index (χ4n) is 5.51. The lowest BCUT2D eigenvalue weighted by Crippen LogP contribution is -2.46. The van der Waals surface area contributed by atoms with Crippen molar-refractivity contribution in [2.24, 2.45) is 17.8 Å². The number of anilines is 1. The molecule has 142 valence electrons. The maximum absolute atomic E-state index is 13.4. The van der Waals surface area contributed by atoms with E-state index in [0.29, 0.717) is 24.4 Å². The first-order chi connectivity index (χ1) is 13.8. The molecule has 0 heterocycles. The van der Waals surface area contributed by atoms with E-state index >= 15 is 0 Å². The highest BCUT2D eigenvalue weighted by Gasteiger charge is 2.52. The largest absolute Gasteiger partial charge is 0.492 e. The Morgan fingerprint density at radius 3 is 2.54 bits per heavy atom.